The first kappa shape index (κ1) is 13.8. The molecule has 0 aliphatic rings. The summed E-state index contributed by atoms with van der Waals surface area (Å²) >= 11 is 0. The van der Waals surface area contributed by atoms with E-state index in [1.807, 2.05) is 31.2 Å². The molecule has 5 nitrogen and oxygen atoms in total. The second kappa shape index (κ2) is 6.01. The molecule has 0 amide bonds. The van der Waals surface area contributed by atoms with Crippen LogP contribution in [0.1, 0.15) is 29.4 Å². The number of rotatable bonds is 4. The molecule has 2 aromatic rings. The minimum atomic E-state index is 0.156. The fraction of sp³-hybridized carbons (Fsp3) is 0.267. The number of aryl methyl sites for hydroxylation is 1. The molecule has 1 aromatic heterocycles. The second-order valence-corrected chi connectivity index (χ2v) is 4.44. The maximum Gasteiger partial charge on any atom is 0.177 e. The van der Waals surface area contributed by atoms with Crippen LogP contribution in [0, 0.1) is 29.6 Å². The molecular formula is C15H15N5. The Bertz CT molecular complexity index is 700. The normalized spacial score (nSPS) is 10.0. The average Bonchev–Trinajstić information content (AvgIpc) is 2.89. The minimum Gasteiger partial charge on any atom is -0.313 e. The van der Waals surface area contributed by atoms with Gasteiger partial charge in [0.2, 0.25) is 0 Å². The number of nitrogens with one attached hydrogen (secondary N) is 1. The highest BCUT2D eigenvalue weighted by molar-refractivity contribution is 5.49. The highest BCUT2D eigenvalue weighted by Gasteiger charge is 2.13. The fourth-order valence-corrected chi connectivity index (χ4v) is 2.01. The van der Waals surface area contributed by atoms with Crippen LogP contribution < -0.4 is 5.32 Å². The van der Waals surface area contributed by atoms with Crippen LogP contribution in [0.15, 0.2) is 24.5 Å². The molecule has 1 aromatic carbocycles. The lowest BCUT2D eigenvalue weighted by molar-refractivity contribution is 0.726. The van der Waals surface area contributed by atoms with Gasteiger partial charge in [-0.1, -0.05) is 19.1 Å². The molecule has 0 aliphatic carbocycles. The molecule has 0 unspecified atom stereocenters. The van der Waals surface area contributed by atoms with Crippen molar-refractivity contribution in [3.63, 3.8) is 0 Å². The van der Waals surface area contributed by atoms with Crippen molar-refractivity contribution < 1.29 is 0 Å². The summed E-state index contributed by atoms with van der Waals surface area (Å²) in [6.45, 7) is 5.69. The summed E-state index contributed by atoms with van der Waals surface area (Å²) in [5.41, 5.74) is 3.47. The zero-order valence-corrected chi connectivity index (χ0v) is 11.5. The molecule has 0 aliphatic heterocycles. The molecule has 0 radical (unpaired) electrons. The molecule has 0 atom stereocenters. The van der Waals surface area contributed by atoms with Crippen LogP contribution in [-0.4, -0.2) is 16.1 Å². The summed E-state index contributed by atoms with van der Waals surface area (Å²) in [5, 5.41) is 21.4. The quantitative estimate of drug-likeness (QED) is 0.917. The first-order valence-corrected chi connectivity index (χ1v) is 6.39. The largest absolute Gasteiger partial charge is 0.313 e. The number of aromatic nitrogens is 2. The van der Waals surface area contributed by atoms with Crippen LogP contribution in [0.5, 0.6) is 0 Å². The van der Waals surface area contributed by atoms with Gasteiger partial charge in [-0.15, -0.1) is 0 Å². The van der Waals surface area contributed by atoms with Gasteiger partial charge in [-0.05, 0) is 30.7 Å². The van der Waals surface area contributed by atoms with Crippen LogP contribution in [0.4, 0.5) is 0 Å². The molecule has 100 valence electrons. The maximum atomic E-state index is 9.21. The Morgan fingerprint density at radius 3 is 2.75 bits per heavy atom. The van der Waals surface area contributed by atoms with Crippen molar-refractivity contribution in [3.05, 3.63) is 47.0 Å². The van der Waals surface area contributed by atoms with Gasteiger partial charge in [0.15, 0.2) is 11.4 Å². The van der Waals surface area contributed by atoms with Crippen molar-refractivity contribution in [1.29, 1.82) is 10.5 Å². The predicted octanol–water partition coefficient (Wildman–Crippen LogP) is 2.03. The third-order valence-electron chi connectivity index (χ3n) is 3.09. The Balaban J connectivity index is 2.50. The topological polar surface area (TPSA) is 77.4 Å². The van der Waals surface area contributed by atoms with Gasteiger partial charge in [0, 0.05) is 6.54 Å². The van der Waals surface area contributed by atoms with Gasteiger partial charge in [-0.25, -0.2) is 4.98 Å². The fourth-order valence-electron chi connectivity index (χ4n) is 2.01. The molecule has 2 rings (SSSR count). The second-order valence-electron chi connectivity index (χ2n) is 4.44. The Morgan fingerprint density at radius 1 is 1.30 bits per heavy atom. The summed E-state index contributed by atoms with van der Waals surface area (Å²) in [7, 11) is 0. The molecule has 1 heterocycles. The van der Waals surface area contributed by atoms with Crippen molar-refractivity contribution in [3.8, 4) is 17.8 Å². The Morgan fingerprint density at radius 2 is 2.10 bits per heavy atom. The molecule has 1 N–H and O–H groups in total. The molecule has 0 fully saturated rings. The van der Waals surface area contributed by atoms with Gasteiger partial charge in [0.05, 0.1) is 5.69 Å². The monoisotopic (exact) mass is 265 g/mol. The Labute approximate surface area is 118 Å². The molecule has 5 heteroatoms. The summed E-state index contributed by atoms with van der Waals surface area (Å²) in [6, 6.07) is 10.1. The molecular weight excluding hydrogens is 250 g/mol. The third-order valence-corrected chi connectivity index (χ3v) is 3.09. The smallest absolute Gasteiger partial charge is 0.177 e. The summed E-state index contributed by atoms with van der Waals surface area (Å²) in [4.78, 5) is 3.98. The van der Waals surface area contributed by atoms with Gasteiger partial charge < -0.3 is 5.32 Å². The predicted molar refractivity (Wildman–Crippen MR) is 75.1 cm³/mol. The van der Waals surface area contributed by atoms with E-state index in [0.717, 1.165) is 29.9 Å². The number of imidazole rings is 1. The highest BCUT2D eigenvalue weighted by atomic mass is 15.1. The Kier molecular flexibility index (Phi) is 4.14. The number of hydrogen-bond donors (Lipinski definition) is 1. The van der Waals surface area contributed by atoms with E-state index in [2.05, 4.69) is 23.3 Å². The molecule has 0 spiro atoms. The van der Waals surface area contributed by atoms with Crippen LogP contribution >= 0.6 is 0 Å². The SMILES string of the molecule is CCNCc1ccc(C)c(-n2cnc(C#N)c2C#N)c1. The van der Waals surface area contributed by atoms with E-state index in [0.29, 0.717) is 0 Å². The average molecular weight is 265 g/mol. The summed E-state index contributed by atoms with van der Waals surface area (Å²) in [6.07, 6.45) is 1.52. The number of nitriles is 2. The van der Waals surface area contributed by atoms with Crippen molar-refractivity contribution in [1.82, 2.24) is 14.9 Å². The summed E-state index contributed by atoms with van der Waals surface area (Å²) < 4.78 is 1.67. The lowest BCUT2D eigenvalue weighted by Gasteiger charge is -2.11. The van der Waals surface area contributed by atoms with Crippen LogP contribution in [-0.2, 0) is 6.54 Å². The van der Waals surface area contributed by atoms with Crippen molar-refractivity contribution in [2.24, 2.45) is 0 Å². The standard InChI is InChI=1S/C15H15N5/c1-3-18-9-12-5-4-11(2)14(6-12)20-10-19-13(7-16)15(20)8-17/h4-6,10,18H,3,9H2,1-2H3. The van der Waals surface area contributed by atoms with Crippen molar-refractivity contribution in [2.45, 2.75) is 20.4 Å². The highest BCUT2D eigenvalue weighted by Crippen LogP contribution is 2.19. The number of hydrogen-bond acceptors (Lipinski definition) is 4. The zero-order valence-electron chi connectivity index (χ0n) is 11.5. The lowest BCUT2D eigenvalue weighted by atomic mass is 10.1. The van der Waals surface area contributed by atoms with E-state index < -0.39 is 0 Å². The van der Waals surface area contributed by atoms with Crippen molar-refractivity contribution in [2.75, 3.05) is 6.54 Å². The number of nitrogens with zero attached hydrogens (tertiary/aromatic N) is 4. The van der Waals surface area contributed by atoms with E-state index in [4.69, 9.17) is 5.26 Å². The lowest BCUT2D eigenvalue weighted by Crippen LogP contribution is -2.12. The first-order chi connectivity index (χ1) is 9.71. The zero-order chi connectivity index (χ0) is 14.5. The molecule has 20 heavy (non-hydrogen) atoms. The van der Waals surface area contributed by atoms with Gasteiger partial charge in [-0.2, -0.15) is 10.5 Å². The summed E-state index contributed by atoms with van der Waals surface area (Å²) in [5.74, 6) is 0. The van der Waals surface area contributed by atoms with Crippen LogP contribution in [0.3, 0.4) is 0 Å². The Hall–Kier alpha value is -2.63. The van der Waals surface area contributed by atoms with E-state index in [1.165, 1.54) is 6.33 Å². The molecule has 0 saturated carbocycles. The van der Waals surface area contributed by atoms with E-state index in [9.17, 15) is 5.26 Å². The van der Waals surface area contributed by atoms with Gasteiger partial charge >= 0.3 is 0 Å². The molecule has 0 bridgehead atoms. The van der Waals surface area contributed by atoms with E-state index in [1.54, 1.807) is 4.57 Å². The first-order valence-electron chi connectivity index (χ1n) is 6.39. The number of benzene rings is 1. The van der Waals surface area contributed by atoms with Crippen LogP contribution in [0.2, 0.25) is 0 Å². The van der Waals surface area contributed by atoms with Gasteiger partial charge in [0.25, 0.3) is 0 Å². The van der Waals surface area contributed by atoms with Gasteiger partial charge in [0.1, 0.15) is 18.5 Å². The third kappa shape index (κ3) is 2.54. The van der Waals surface area contributed by atoms with Crippen LogP contribution in [0.25, 0.3) is 5.69 Å². The minimum absolute atomic E-state index is 0.156. The maximum absolute atomic E-state index is 9.21. The van der Waals surface area contributed by atoms with E-state index in [-0.39, 0.29) is 11.4 Å². The van der Waals surface area contributed by atoms with Crippen molar-refractivity contribution >= 4 is 0 Å². The van der Waals surface area contributed by atoms with E-state index >= 15 is 0 Å². The molecule has 0 saturated heterocycles. The van der Waals surface area contributed by atoms with Gasteiger partial charge in [-0.3, -0.25) is 4.57 Å².